The van der Waals surface area contributed by atoms with Gasteiger partial charge in [-0.1, -0.05) is 18.2 Å². The Morgan fingerprint density at radius 3 is 2.81 bits per heavy atom. The van der Waals surface area contributed by atoms with Crippen molar-refractivity contribution in [2.24, 2.45) is 0 Å². The maximum atomic E-state index is 9.31. The standard InChI is InChI=1S/C21H21N5/c1-16-13-24-21(17-6-9-23-10-7-17)26(16)20-8-11-25(15-20)14-19-5-3-2-4-18(19)12-22/h2-7,9-10,13,20H,8,11,14-15H2,1H3. The number of nitrogens with zero attached hydrogens (tertiary/aromatic N) is 5. The topological polar surface area (TPSA) is 57.7 Å². The van der Waals surface area contributed by atoms with Crippen molar-refractivity contribution in [3.8, 4) is 17.5 Å². The molecule has 3 heterocycles. The average Bonchev–Trinajstić information content (AvgIpc) is 3.29. The highest BCUT2D eigenvalue weighted by Gasteiger charge is 2.27. The van der Waals surface area contributed by atoms with Crippen LogP contribution in [0, 0.1) is 18.3 Å². The van der Waals surface area contributed by atoms with E-state index in [0.29, 0.717) is 6.04 Å². The quantitative estimate of drug-likeness (QED) is 0.727. The minimum atomic E-state index is 0.398. The number of pyridine rings is 1. The van der Waals surface area contributed by atoms with Crippen LogP contribution in [0.25, 0.3) is 11.4 Å². The Balaban J connectivity index is 1.55. The summed E-state index contributed by atoms with van der Waals surface area (Å²) in [6.07, 6.45) is 6.65. The molecule has 0 N–H and O–H groups in total. The highest BCUT2D eigenvalue weighted by Crippen LogP contribution is 2.30. The Morgan fingerprint density at radius 1 is 1.19 bits per heavy atom. The van der Waals surface area contributed by atoms with E-state index in [2.05, 4.69) is 38.5 Å². The number of benzene rings is 1. The van der Waals surface area contributed by atoms with Gasteiger partial charge in [0.05, 0.1) is 11.6 Å². The van der Waals surface area contributed by atoms with Gasteiger partial charge in [-0.2, -0.15) is 5.26 Å². The lowest BCUT2D eigenvalue weighted by Crippen LogP contribution is -2.22. The maximum absolute atomic E-state index is 9.31. The Bertz CT molecular complexity index is 939. The second kappa shape index (κ2) is 7.11. The number of aromatic nitrogens is 3. The van der Waals surface area contributed by atoms with Gasteiger partial charge in [0.25, 0.3) is 0 Å². The fourth-order valence-electron chi connectivity index (χ4n) is 3.80. The van der Waals surface area contributed by atoms with Gasteiger partial charge in [0.15, 0.2) is 0 Å². The van der Waals surface area contributed by atoms with Crippen molar-refractivity contribution in [2.45, 2.75) is 25.9 Å². The molecule has 0 saturated carbocycles. The molecule has 130 valence electrons. The molecule has 5 nitrogen and oxygen atoms in total. The molecule has 26 heavy (non-hydrogen) atoms. The summed E-state index contributed by atoms with van der Waals surface area (Å²) >= 11 is 0. The number of aryl methyl sites for hydroxylation is 1. The third kappa shape index (κ3) is 3.12. The van der Waals surface area contributed by atoms with E-state index in [1.807, 2.05) is 48.9 Å². The van der Waals surface area contributed by atoms with Crippen LogP contribution < -0.4 is 0 Å². The van der Waals surface area contributed by atoms with Gasteiger partial charge in [-0.15, -0.1) is 0 Å². The third-order valence-electron chi connectivity index (χ3n) is 5.06. The molecule has 0 amide bonds. The Morgan fingerprint density at radius 2 is 2.00 bits per heavy atom. The molecule has 1 aliphatic heterocycles. The first kappa shape index (κ1) is 16.5. The van der Waals surface area contributed by atoms with Crippen LogP contribution in [0.5, 0.6) is 0 Å². The lowest BCUT2D eigenvalue weighted by Gasteiger charge is -2.20. The second-order valence-corrected chi connectivity index (χ2v) is 6.78. The van der Waals surface area contributed by atoms with Crippen LogP contribution in [0.3, 0.4) is 0 Å². The van der Waals surface area contributed by atoms with E-state index in [4.69, 9.17) is 0 Å². The third-order valence-corrected chi connectivity index (χ3v) is 5.06. The molecule has 5 heteroatoms. The van der Waals surface area contributed by atoms with E-state index < -0.39 is 0 Å². The number of imidazole rings is 1. The Kier molecular flexibility index (Phi) is 4.51. The molecular formula is C21H21N5. The molecule has 1 atom stereocenters. The number of likely N-dealkylation sites (tertiary alicyclic amines) is 1. The zero-order valence-corrected chi connectivity index (χ0v) is 14.8. The second-order valence-electron chi connectivity index (χ2n) is 6.78. The molecule has 1 aromatic carbocycles. The summed E-state index contributed by atoms with van der Waals surface area (Å²) in [7, 11) is 0. The van der Waals surface area contributed by atoms with Crippen LogP contribution >= 0.6 is 0 Å². The molecule has 3 aromatic rings. The summed E-state index contributed by atoms with van der Waals surface area (Å²) in [5, 5.41) is 9.31. The number of hydrogen-bond acceptors (Lipinski definition) is 4. The van der Waals surface area contributed by atoms with E-state index in [1.54, 1.807) is 0 Å². The summed E-state index contributed by atoms with van der Waals surface area (Å²) in [4.78, 5) is 11.2. The molecule has 0 spiro atoms. The van der Waals surface area contributed by atoms with E-state index >= 15 is 0 Å². The molecule has 0 aliphatic carbocycles. The van der Waals surface area contributed by atoms with Crippen molar-refractivity contribution in [1.29, 1.82) is 5.26 Å². The lowest BCUT2D eigenvalue weighted by molar-refractivity contribution is 0.315. The van der Waals surface area contributed by atoms with Crippen LogP contribution in [0.1, 0.15) is 29.3 Å². The van der Waals surface area contributed by atoms with Crippen LogP contribution in [0.15, 0.2) is 55.0 Å². The lowest BCUT2D eigenvalue weighted by atomic mass is 10.1. The first-order valence-corrected chi connectivity index (χ1v) is 8.91. The van der Waals surface area contributed by atoms with Gasteiger partial charge < -0.3 is 4.57 Å². The number of hydrogen-bond donors (Lipinski definition) is 0. The van der Waals surface area contributed by atoms with Gasteiger partial charge in [0, 0.05) is 55.5 Å². The van der Waals surface area contributed by atoms with Crippen molar-refractivity contribution < 1.29 is 0 Å². The van der Waals surface area contributed by atoms with Crippen molar-refractivity contribution in [3.05, 3.63) is 71.8 Å². The molecule has 0 bridgehead atoms. The fourth-order valence-corrected chi connectivity index (χ4v) is 3.80. The average molecular weight is 343 g/mol. The Labute approximate surface area is 153 Å². The van der Waals surface area contributed by atoms with Crippen LogP contribution in [-0.4, -0.2) is 32.5 Å². The minimum Gasteiger partial charge on any atom is -0.324 e. The van der Waals surface area contributed by atoms with Crippen molar-refractivity contribution in [2.75, 3.05) is 13.1 Å². The maximum Gasteiger partial charge on any atom is 0.140 e. The Hall–Kier alpha value is -2.97. The predicted molar refractivity (Wildman–Crippen MR) is 100 cm³/mol. The van der Waals surface area contributed by atoms with Gasteiger partial charge in [-0.05, 0) is 37.1 Å². The van der Waals surface area contributed by atoms with E-state index in [1.165, 1.54) is 5.69 Å². The van der Waals surface area contributed by atoms with Crippen molar-refractivity contribution in [1.82, 2.24) is 19.4 Å². The summed E-state index contributed by atoms with van der Waals surface area (Å²) in [6, 6.07) is 14.6. The van der Waals surface area contributed by atoms with Crippen LogP contribution in [0.4, 0.5) is 0 Å². The van der Waals surface area contributed by atoms with Crippen LogP contribution in [-0.2, 0) is 6.54 Å². The molecule has 1 saturated heterocycles. The normalized spacial score (nSPS) is 17.3. The van der Waals surface area contributed by atoms with Crippen molar-refractivity contribution in [3.63, 3.8) is 0 Å². The molecule has 4 rings (SSSR count). The molecule has 1 unspecified atom stereocenters. The van der Waals surface area contributed by atoms with Crippen molar-refractivity contribution >= 4 is 0 Å². The molecule has 1 aliphatic rings. The molecule has 1 fully saturated rings. The van der Waals surface area contributed by atoms with E-state index in [-0.39, 0.29) is 0 Å². The smallest absolute Gasteiger partial charge is 0.140 e. The highest BCUT2D eigenvalue weighted by molar-refractivity contribution is 5.55. The van der Waals surface area contributed by atoms with Crippen LogP contribution in [0.2, 0.25) is 0 Å². The summed E-state index contributed by atoms with van der Waals surface area (Å²) in [5.41, 5.74) is 4.15. The molecule has 0 radical (unpaired) electrons. The number of rotatable bonds is 4. The first-order valence-electron chi connectivity index (χ1n) is 8.91. The van der Waals surface area contributed by atoms with Gasteiger partial charge in [-0.3, -0.25) is 9.88 Å². The predicted octanol–water partition coefficient (Wildman–Crippen LogP) is 3.57. The SMILES string of the molecule is Cc1cnc(-c2ccncc2)n1C1CCN(Cc2ccccc2C#N)C1. The van der Waals surface area contributed by atoms with Gasteiger partial charge in [0.1, 0.15) is 5.82 Å². The molecule has 2 aromatic heterocycles. The zero-order chi connectivity index (χ0) is 17.9. The minimum absolute atomic E-state index is 0.398. The number of nitriles is 1. The molecular weight excluding hydrogens is 322 g/mol. The van der Waals surface area contributed by atoms with Gasteiger partial charge in [0.2, 0.25) is 0 Å². The first-order chi connectivity index (χ1) is 12.8. The highest BCUT2D eigenvalue weighted by atomic mass is 15.2. The monoisotopic (exact) mass is 343 g/mol. The summed E-state index contributed by atoms with van der Waals surface area (Å²) in [6.45, 7) is 4.93. The summed E-state index contributed by atoms with van der Waals surface area (Å²) in [5.74, 6) is 1.01. The van der Waals surface area contributed by atoms with E-state index in [0.717, 1.165) is 48.6 Å². The van der Waals surface area contributed by atoms with Gasteiger partial charge >= 0.3 is 0 Å². The van der Waals surface area contributed by atoms with Gasteiger partial charge in [-0.25, -0.2) is 4.98 Å². The fraction of sp³-hybridized carbons (Fsp3) is 0.286. The summed E-state index contributed by atoms with van der Waals surface area (Å²) < 4.78 is 2.35. The zero-order valence-electron chi connectivity index (χ0n) is 14.8. The van der Waals surface area contributed by atoms with E-state index in [9.17, 15) is 5.26 Å². The largest absolute Gasteiger partial charge is 0.324 e.